The van der Waals surface area contributed by atoms with Crippen LogP contribution in [-0.2, 0) is 13.2 Å². The Hall–Kier alpha value is -1.65. The molecule has 0 amide bonds. The molecule has 5 heteroatoms. The summed E-state index contributed by atoms with van der Waals surface area (Å²) < 4.78 is 5.47. The summed E-state index contributed by atoms with van der Waals surface area (Å²) in [5.41, 5.74) is 7.07. The molecule has 4 nitrogen and oxygen atoms in total. The molecule has 0 atom stereocenters. The van der Waals surface area contributed by atoms with Gasteiger partial charge in [-0.2, -0.15) is 5.10 Å². The van der Waals surface area contributed by atoms with Crippen LogP contribution < -0.4 is 10.5 Å². The first-order valence-corrected chi connectivity index (χ1v) is 5.56. The first-order chi connectivity index (χ1) is 8.29. The van der Waals surface area contributed by atoms with Crippen LogP contribution in [0.25, 0.3) is 0 Å². The predicted octanol–water partition coefficient (Wildman–Crippen LogP) is 2.17. The summed E-state index contributed by atoms with van der Waals surface area (Å²) >= 11 is 6.01. The number of halogens is 1. The summed E-state index contributed by atoms with van der Waals surface area (Å²) in [5.74, 6) is 0.460. The SMILES string of the molecule is NCc1ccc(OCc2ccccc2Cl)nn1. The van der Waals surface area contributed by atoms with Gasteiger partial charge in [0.1, 0.15) is 6.61 Å². The molecule has 2 aromatic rings. The maximum atomic E-state index is 6.01. The fourth-order valence-electron chi connectivity index (χ4n) is 1.30. The van der Waals surface area contributed by atoms with Crippen LogP contribution >= 0.6 is 11.6 Å². The molecule has 0 radical (unpaired) electrons. The van der Waals surface area contributed by atoms with Gasteiger partial charge in [0.15, 0.2) is 0 Å². The molecule has 0 aliphatic carbocycles. The molecular formula is C12H12ClN3O. The first-order valence-electron chi connectivity index (χ1n) is 5.18. The van der Waals surface area contributed by atoms with E-state index >= 15 is 0 Å². The van der Waals surface area contributed by atoms with E-state index in [2.05, 4.69) is 10.2 Å². The van der Waals surface area contributed by atoms with E-state index in [9.17, 15) is 0 Å². The molecule has 0 aliphatic rings. The number of hydrogen-bond acceptors (Lipinski definition) is 4. The van der Waals surface area contributed by atoms with Gasteiger partial charge in [0.25, 0.3) is 0 Å². The summed E-state index contributed by atoms with van der Waals surface area (Å²) in [7, 11) is 0. The molecule has 0 aliphatic heterocycles. The lowest BCUT2D eigenvalue weighted by Gasteiger charge is -2.06. The van der Waals surface area contributed by atoms with E-state index in [0.29, 0.717) is 24.1 Å². The number of nitrogens with two attached hydrogens (primary N) is 1. The van der Waals surface area contributed by atoms with Crippen molar-refractivity contribution in [3.63, 3.8) is 0 Å². The number of aromatic nitrogens is 2. The van der Waals surface area contributed by atoms with Crippen LogP contribution in [0.15, 0.2) is 36.4 Å². The van der Waals surface area contributed by atoms with E-state index in [1.165, 1.54) is 0 Å². The van der Waals surface area contributed by atoms with E-state index in [1.54, 1.807) is 12.1 Å². The van der Waals surface area contributed by atoms with Gasteiger partial charge in [0.2, 0.25) is 5.88 Å². The number of hydrogen-bond donors (Lipinski definition) is 1. The third-order valence-corrected chi connectivity index (χ3v) is 2.61. The van der Waals surface area contributed by atoms with Crippen molar-refractivity contribution in [3.05, 3.63) is 52.7 Å². The zero-order valence-electron chi connectivity index (χ0n) is 9.14. The quantitative estimate of drug-likeness (QED) is 0.902. The Kier molecular flexibility index (Phi) is 3.90. The maximum Gasteiger partial charge on any atom is 0.233 e. The fraction of sp³-hybridized carbons (Fsp3) is 0.167. The standard InChI is InChI=1S/C12H12ClN3O/c13-11-4-2-1-3-9(11)8-17-12-6-5-10(7-14)15-16-12/h1-6H,7-8,14H2. The third-order valence-electron chi connectivity index (χ3n) is 2.24. The lowest BCUT2D eigenvalue weighted by Crippen LogP contribution is -2.03. The Bertz CT molecular complexity index is 487. The molecule has 1 aromatic heterocycles. The lowest BCUT2D eigenvalue weighted by atomic mass is 10.2. The van der Waals surface area contributed by atoms with Crippen LogP contribution in [0.4, 0.5) is 0 Å². The van der Waals surface area contributed by atoms with Gasteiger partial charge in [-0.05, 0) is 12.1 Å². The highest BCUT2D eigenvalue weighted by Gasteiger charge is 2.01. The minimum atomic E-state index is 0.371. The topological polar surface area (TPSA) is 61.0 Å². The second-order valence-electron chi connectivity index (χ2n) is 3.45. The van der Waals surface area contributed by atoms with Crippen molar-refractivity contribution >= 4 is 11.6 Å². The average molecular weight is 250 g/mol. The van der Waals surface area contributed by atoms with Gasteiger partial charge in [-0.25, -0.2) is 0 Å². The highest BCUT2D eigenvalue weighted by atomic mass is 35.5. The molecule has 1 heterocycles. The molecule has 88 valence electrons. The molecule has 0 fully saturated rings. The van der Waals surface area contributed by atoms with Crippen molar-refractivity contribution in [2.24, 2.45) is 5.73 Å². The van der Waals surface area contributed by atoms with E-state index in [1.807, 2.05) is 24.3 Å². The molecule has 2 rings (SSSR count). The van der Waals surface area contributed by atoms with Gasteiger partial charge in [0.05, 0.1) is 5.69 Å². The normalized spacial score (nSPS) is 10.2. The summed E-state index contributed by atoms with van der Waals surface area (Å²) in [6.07, 6.45) is 0. The molecule has 0 saturated heterocycles. The Labute approximate surface area is 104 Å². The number of benzene rings is 1. The Morgan fingerprint density at radius 2 is 1.94 bits per heavy atom. The highest BCUT2D eigenvalue weighted by molar-refractivity contribution is 6.31. The van der Waals surface area contributed by atoms with Crippen molar-refractivity contribution in [2.75, 3.05) is 0 Å². The zero-order valence-corrected chi connectivity index (χ0v) is 9.89. The number of rotatable bonds is 4. The van der Waals surface area contributed by atoms with Crippen molar-refractivity contribution < 1.29 is 4.74 Å². The summed E-state index contributed by atoms with van der Waals surface area (Å²) in [6.45, 7) is 0.744. The number of ether oxygens (including phenoxy) is 1. The van der Waals surface area contributed by atoms with Crippen molar-refractivity contribution in [1.82, 2.24) is 10.2 Å². The van der Waals surface area contributed by atoms with Gasteiger partial charge in [0, 0.05) is 23.2 Å². The van der Waals surface area contributed by atoms with Gasteiger partial charge < -0.3 is 10.5 Å². The van der Waals surface area contributed by atoms with Crippen LogP contribution in [-0.4, -0.2) is 10.2 Å². The summed E-state index contributed by atoms with van der Waals surface area (Å²) in [6, 6.07) is 11.0. The molecule has 17 heavy (non-hydrogen) atoms. The van der Waals surface area contributed by atoms with Gasteiger partial charge in [-0.1, -0.05) is 29.8 Å². The lowest BCUT2D eigenvalue weighted by molar-refractivity contribution is 0.290. The van der Waals surface area contributed by atoms with E-state index < -0.39 is 0 Å². The third kappa shape index (κ3) is 3.15. The summed E-state index contributed by atoms with van der Waals surface area (Å²) in [5, 5.41) is 8.48. The van der Waals surface area contributed by atoms with Crippen LogP contribution in [0.1, 0.15) is 11.3 Å². The molecule has 0 bridgehead atoms. The molecule has 0 spiro atoms. The smallest absolute Gasteiger partial charge is 0.233 e. The van der Waals surface area contributed by atoms with E-state index in [4.69, 9.17) is 22.1 Å². The van der Waals surface area contributed by atoms with Gasteiger partial charge in [-0.15, -0.1) is 5.10 Å². The highest BCUT2D eigenvalue weighted by Crippen LogP contribution is 2.16. The Morgan fingerprint density at radius 3 is 2.59 bits per heavy atom. The Balaban J connectivity index is 2.00. The Morgan fingerprint density at radius 1 is 1.12 bits per heavy atom. The van der Waals surface area contributed by atoms with E-state index in [0.717, 1.165) is 11.3 Å². The van der Waals surface area contributed by atoms with Crippen molar-refractivity contribution in [2.45, 2.75) is 13.2 Å². The molecule has 0 unspecified atom stereocenters. The number of nitrogens with zero attached hydrogens (tertiary/aromatic N) is 2. The first kappa shape index (κ1) is 11.8. The van der Waals surface area contributed by atoms with Crippen LogP contribution in [0.5, 0.6) is 5.88 Å². The van der Waals surface area contributed by atoms with Crippen LogP contribution in [0.3, 0.4) is 0 Å². The molecule has 0 saturated carbocycles. The zero-order chi connectivity index (χ0) is 12.1. The minimum absolute atomic E-state index is 0.371. The van der Waals surface area contributed by atoms with Gasteiger partial charge >= 0.3 is 0 Å². The fourth-order valence-corrected chi connectivity index (χ4v) is 1.49. The largest absolute Gasteiger partial charge is 0.472 e. The minimum Gasteiger partial charge on any atom is -0.472 e. The van der Waals surface area contributed by atoms with E-state index in [-0.39, 0.29) is 0 Å². The molecule has 1 aromatic carbocycles. The monoisotopic (exact) mass is 249 g/mol. The van der Waals surface area contributed by atoms with Crippen molar-refractivity contribution in [1.29, 1.82) is 0 Å². The molecule has 2 N–H and O–H groups in total. The van der Waals surface area contributed by atoms with Crippen LogP contribution in [0.2, 0.25) is 5.02 Å². The predicted molar refractivity (Wildman–Crippen MR) is 65.7 cm³/mol. The second-order valence-corrected chi connectivity index (χ2v) is 3.85. The van der Waals surface area contributed by atoms with Crippen molar-refractivity contribution in [3.8, 4) is 5.88 Å². The van der Waals surface area contributed by atoms with Gasteiger partial charge in [-0.3, -0.25) is 0 Å². The molecular weight excluding hydrogens is 238 g/mol. The maximum absolute atomic E-state index is 6.01. The second kappa shape index (κ2) is 5.61. The summed E-state index contributed by atoms with van der Waals surface area (Å²) in [4.78, 5) is 0. The van der Waals surface area contributed by atoms with Crippen LogP contribution in [0, 0.1) is 0 Å². The average Bonchev–Trinajstić information content (AvgIpc) is 2.38.